The van der Waals surface area contributed by atoms with E-state index in [9.17, 15) is 14.4 Å². The van der Waals surface area contributed by atoms with Crippen molar-refractivity contribution < 1.29 is 14.4 Å². The van der Waals surface area contributed by atoms with E-state index in [1.807, 2.05) is 34.9 Å². The Balaban J connectivity index is 1.75. The van der Waals surface area contributed by atoms with Crippen molar-refractivity contribution in [2.75, 3.05) is 19.6 Å². The van der Waals surface area contributed by atoms with Gasteiger partial charge in [0.25, 0.3) is 0 Å². The van der Waals surface area contributed by atoms with Crippen LogP contribution in [0.2, 0.25) is 0 Å². The third kappa shape index (κ3) is 3.50. The molecule has 5 atom stereocenters. The van der Waals surface area contributed by atoms with Crippen LogP contribution in [0, 0.1) is 11.8 Å². The predicted octanol–water partition coefficient (Wildman–Crippen LogP) is 3.48. The zero-order chi connectivity index (χ0) is 21.4. The second-order valence-electron chi connectivity index (χ2n) is 9.08. The quantitative estimate of drug-likeness (QED) is 0.765. The van der Waals surface area contributed by atoms with Crippen LogP contribution >= 0.6 is 0 Å². The Labute approximate surface area is 179 Å². The van der Waals surface area contributed by atoms with Crippen LogP contribution in [-0.4, -0.2) is 64.3 Å². The van der Waals surface area contributed by atoms with Gasteiger partial charge in [0, 0.05) is 32.5 Å². The first-order valence-corrected chi connectivity index (χ1v) is 11.4. The van der Waals surface area contributed by atoms with Crippen molar-refractivity contribution in [2.45, 2.75) is 64.5 Å². The highest BCUT2D eigenvalue weighted by Gasteiger charge is 2.53. The molecule has 0 unspecified atom stereocenters. The van der Waals surface area contributed by atoms with E-state index in [2.05, 4.69) is 19.1 Å². The molecule has 1 saturated carbocycles. The number of benzene rings is 1. The molecule has 4 rings (SSSR count). The third-order valence-electron chi connectivity index (χ3n) is 7.53. The van der Waals surface area contributed by atoms with Crippen LogP contribution in [0.3, 0.4) is 0 Å². The van der Waals surface area contributed by atoms with Gasteiger partial charge in [-0.2, -0.15) is 0 Å². The summed E-state index contributed by atoms with van der Waals surface area (Å²) in [5.41, 5.74) is 1.19. The van der Waals surface area contributed by atoms with Gasteiger partial charge >= 0.3 is 6.03 Å². The van der Waals surface area contributed by atoms with Gasteiger partial charge in [-0.1, -0.05) is 37.3 Å². The Morgan fingerprint density at radius 1 is 1.03 bits per heavy atom. The van der Waals surface area contributed by atoms with E-state index in [1.165, 1.54) is 17.4 Å². The molecule has 162 valence electrons. The fourth-order valence-corrected chi connectivity index (χ4v) is 5.95. The van der Waals surface area contributed by atoms with Crippen molar-refractivity contribution in [3.05, 3.63) is 35.9 Å². The maximum atomic E-state index is 13.6. The van der Waals surface area contributed by atoms with Crippen molar-refractivity contribution >= 4 is 17.8 Å². The van der Waals surface area contributed by atoms with E-state index in [1.54, 1.807) is 0 Å². The minimum atomic E-state index is -0.200. The van der Waals surface area contributed by atoms with Crippen molar-refractivity contribution in [1.82, 2.24) is 14.7 Å². The smallest absolute Gasteiger partial charge is 0.327 e. The highest BCUT2D eigenvalue weighted by Crippen LogP contribution is 2.45. The second kappa shape index (κ2) is 8.40. The van der Waals surface area contributed by atoms with E-state index >= 15 is 0 Å². The van der Waals surface area contributed by atoms with Gasteiger partial charge in [-0.15, -0.1) is 0 Å². The Morgan fingerprint density at radius 3 is 2.30 bits per heavy atom. The van der Waals surface area contributed by atoms with Crippen molar-refractivity contribution in [3.63, 3.8) is 0 Å². The van der Waals surface area contributed by atoms with Crippen LogP contribution in [0.25, 0.3) is 0 Å². The molecule has 0 bridgehead atoms. The number of likely N-dealkylation sites (tertiary alicyclic amines) is 1. The maximum Gasteiger partial charge on any atom is 0.327 e. The number of rotatable bonds is 3. The molecular formula is C24H33N3O3. The van der Waals surface area contributed by atoms with Gasteiger partial charge in [-0.25, -0.2) is 4.79 Å². The molecule has 0 aromatic heterocycles. The zero-order valence-corrected chi connectivity index (χ0v) is 18.3. The molecular weight excluding hydrogens is 378 g/mol. The van der Waals surface area contributed by atoms with Gasteiger partial charge < -0.3 is 9.80 Å². The van der Waals surface area contributed by atoms with Crippen molar-refractivity contribution in [1.29, 1.82) is 0 Å². The average Bonchev–Trinajstić information content (AvgIpc) is 3.33. The summed E-state index contributed by atoms with van der Waals surface area (Å²) in [6.07, 6.45) is 3.48. The summed E-state index contributed by atoms with van der Waals surface area (Å²) in [7, 11) is 0. The van der Waals surface area contributed by atoms with Gasteiger partial charge in [0.1, 0.15) is 0 Å². The number of urea groups is 1. The molecule has 1 aromatic rings. The molecule has 0 radical (unpaired) electrons. The molecule has 3 fully saturated rings. The largest absolute Gasteiger partial charge is 0.342 e. The van der Waals surface area contributed by atoms with E-state index < -0.39 is 0 Å². The van der Waals surface area contributed by atoms with E-state index in [4.69, 9.17) is 0 Å². The fraction of sp³-hybridized carbons (Fsp3) is 0.625. The van der Waals surface area contributed by atoms with Crippen LogP contribution in [0.1, 0.15) is 57.9 Å². The van der Waals surface area contributed by atoms with Crippen LogP contribution in [0.4, 0.5) is 4.79 Å². The molecule has 2 heterocycles. The molecule has 2 aliphatic heterocycles. The highest BCUT2D eigenvalue weighted by atomic mass is 16.2. The number of hydrogen-bond donors (Lipinski definition) is 0. The molecule has 30 heavy (non-hydrogen) atoms. The second-order valence-corrected chi connectivity index (χ2v) is 9.08. The molecule has 0 spiro atoms. The summed E-state index contributed by atoms with van der Waals surface area (Å²) in [6.45, 7) is 7.85. The number of amides is 4. The summed E-state index contributed by atoms with van der Waals surface area (Å²) in [5, 5.41) is 0. The minimum absolute atomic E-state index is 0.0980. The first kappa shape index (κ1) is 20.9. The fourth-order valence-electron chi connectivity index (χ4n) is 5.95. The van der Waals surface area contributed by atoms with Crippen LogP contribution in [-0.2, 0) is 9.59 Å². The first-order valence-electron chi connectivity index (χ1n) is 11.4. The molecule has 6 heteroatoms. The summed E-state index contributed by atoms with van der Waals surface area (Å²) >= 11 is 0. The summed E-state index contributed by atoms with van der Waals surface area (Å²) < 4.78 is 0. The lowest BCUT2D eigenvalue weighted by molar-refractivity contribution is -0.136. The third-order valence-corrected chi connectivity index (χ3v) is 7.53. The maximum absolute atomic E-state index is 13.6. The summed E-state index contributed by atoms with van der Waals surface area (Å²) in [5.74, 6) is 0.163. The van der Waals surface area contributed by atoms with Gasteiger partial charge in [0.2, 0.25) is 11.8 Å². The number of fused-ring (bicyclic) bond motifs is 1. The van der Waals surface area contributed by atoms with Crippen LogP contribution < -0.4 is 0 Å². The number of nitrogens with zero attached hydrogens (tertiary/aromatic N) is 3. The van der Waals surface area contributed by atoms with E-state index in [-0.39, 0.29) is 47.7 Å². The number of imide groups is 1. The average molecular weight is 412 g/mol. The SMILES string of the molecule is CCN1C(=O)N(C(C)=O)[C@H]2C[C@@H](c3ccccc3)[C@@H](C)[C@@H](C(=O)N3CCCC3)C[C@H]21. The van der Waals surface area contributed by atoms with Gasteiger partial charge in [-0.3, -0.25) is 14.5 Å². The highest BCUT2D eigenvalue weighted by molar-refractivity contribution is 5.96. The lowest BCUT2D eigenvalue weighted by atomic mass is 9.77. The minimum Gasteiger partial charge on any atom is -0.342 e. The van der Waals surface area contributed by atoms with Gasteiger partial charge in [-0.05, 0) is 50.0 Å². The number of carbonyl (C=O) groups is 3. The zero-order valence-electron chi connectivity index (χ0n) is 18.3. The Bertz CT molecular complexity index is 805. The molecule has 4 amide bonds. The van der Waals surface area contributed by atoms with Gasteiger partial charge in [0.05, 0.1) is 12.1 Å². The first-order chi connectivity index (χ1) is 14.4. The predicted molar refractivity (Wildman–Crippen MR) is 115 cm³/mol. The normalized spacial score (nSPS) is 31.6. The summed E-state index contributed by atoms with van der Waals surface area (Å²) in [4.78, 5) is 44.3. The Hall–Kier alpha value is -2.37. The standard InChI is InChI=1S/C24H33N3O3/c1-4-26-21-15-20(23(29)25-12-8-9-13-25)16(2)19(18-10-6-5-7-11-18)14-22(21)27(17(3)28)24(26)30/h5-7,10-11,16,19-22H,4,8-9,12-15H2,1-3H3/t16-,19-,20+,21-,22+/m1/s1. The molecule has 3 aliphatic rings. The molecule has 0 N–H and O–H groups in total. The van der Waals surface area contributed by atoms with Gasteiger partial charge in [0.15, 0.2) is 0 Å². The number of likely N-dealkylation sites (N-methyl/N-ethyl adjacent to an activating group) is 1. The van der Waals surface area contributed by atoms with Crippen molar-refractivity contribution in [2.24, 2.45) is 11.8 Å². The van der Waals surface area contributed by atoms with Crippen LogP contribution in [0.5, 0.6) is 0 Å². The van der Waals surface area contributed by atoms with Crippen molar-refractivity contribution in [3.8, 4) is 0 Å². The Morgan fingerprint density at radius 2 is 1.70 bits per heavy atom. The van der Waals surface area contributed by atoms with Crippen LogP contribution in [0.15, 0.2) is 30.3 Å². The topological polar surface area (TPSA) is 60.9 Å². The Kier molecular flexibility index (Phi) is 5.85. The molecule has 1 aromatic carbocycles. The lowest BCUT2D eigenvalue weighted by Crippen LogP contribution is -2.42. The van der Waals surface area contributed by atoms with E-state index in [0.29, 0.717) is 19.4 Å². The van der Waals surface area contributed by atoms with E-state index in [0.717, 1.165) is 25.9 Å². The molecule has 6 nitrogen and oxygen atoms in total. The monoisotopic (exact) mass is 411 g/mol. The lowest BCUT2D eigenvalue weighted by Gasteiger charge is -2.32. The summed E-state index contributed by atoms with van der Waals surface area (Å²) in [6, 6.07) is 9.81. The molecule has 1 aliphatic carbocycles. The number of hydrogen-bond acceptors (Lipinski definition) is 3. The number of carbonyl (C=O) groups excluding carboxylic acids is 3. The molecule has 2 saturated heterocycles.